The van der Waals surface area contributed by atoms with Crippen molar-refractivity contribution < 1.29 is 19.1 Å². The molecule has 0 aliphatic carbocycles. The van der Waals surface area contributed by atoms with Crippen molar-refractivity contribution in [3.8, 4) is 0 Å². The van der Waals surface area contributed by atoms with E-state index < -0.39 is 6.10 Å². The van der Waals surface area contributed by atoms with Gasteiger partial charge in [0, 0.05) is 11.8 Å². The molecule has 2 aliphatic heterocycles. The molecule has 2 rings (SSSR count). The number of hydrogen-bond acceptors (Lipinski definition) is 5. The summed E-state index contributed by atoms with van der Waals surface area (Å²) in [6.45, 7) is 3.73. The van der Waals surface area contributed by atoms with Crippen molar-refractivity contribution in [1.29, 1.82) is 0 Å². The van der Waals surface area contributed by atoms with E-state index in [1.54, 1.807) is 13.8 Å². The first kappa shape index (κ1) is 14.0. The lowest BCUT2D eigenvalue weighted by Crippen LogP contribution is -2.41. The molecule has 2 heterocycles. The van der Waals surface area contributed by atoms with Crippen LogP contribution in [-0.4, -0.2) is 41.4 Å². The molecule has 0 spiro atoms. The third-order valence-electron chi connectivity index (χ3n) is 3.99. The molecule has 7 heteroatoms. The number of hydrazine groups is 1. The largest absolute Gasteiger partial charge is 0.363 e. The Kier molecular flexibility index (Phi) is 3.86. The fourth-order valence-electron chi connectivity index (χ4n) is 2.54. The van der Waals surface area contributed by atoms with Crippen molar-refractivity contribution in [3.63, 3.8) is 0 Å². The van der Waals surface area contributed by atoms with Crippen LogP contribution in [0.3, 0.4) is 0 Å². The van der Waals surface area contributed by atoms with Gasteiger partial charge in [0.15, 0.2) is 0 Å². The fraction of sp³-hybridized carbons (Fsp3) is 0.750. The van der Waals surface area contributed by atoms with Crippen LogP contribution in [-0.2, 0) is 19.1 Å². The van der Waals surface area contributed by atoms with Crippen LogP contribution in [0, 0.1) is 11.8 Å². The predicted octanol–water partition coefficient (Wildman–Crippen LogP) is -0.835. The zero-order valence-corrected chi connectivity index (χ0v) is 11.1. The van der Waals surface area contributed by atoms with E-state index in [4.69, 9.17) is 10.6 Å². The summed E-state index contributed by atoms with van der Waals surface area (Å²) >= 11 is 0. The maximum atomic E-state index is 11.9. The smallest absolute Gasteiger partial charge is 0.263 e. The molecule has 3 amide bonds. The summed E-state index contributed by atoms with van der Waals surface area (Å²) in [5, 5.41) is 0. The van der Waals surface area contributed by atoms with Crippen LogP contribution in [0.4, 0.5) is 0 Å². The molecule has 0 aromatic carbocycles. The van der Waals surface area contributed by atoms with Gasteiger partial charge < -0.3 is 4.74 Å². The van der Waals surface area contributed by atoms with Crippen LogP contribution in [0.2, 0.25) is 0 Å². The Morgan fingerprint density at radius 1 is 1.32 bits per heavy atom. The van der Waals surface area contributed by atoms with Gasteiger partial charge in [0.05, 0.1) is 12.6 Å². The quantitative estimate of drug-likeness (QED) is 0.301. The standard InChI is InChI=1S/C12H19N3O4/c1-6-7(2)12(18)15(11(6)17)5-8-3-4-9(19-8)10(16)14-13/h6-9H,3-5,13H2,1-2H3,(H,14,16). The number of rotatable bonds is 3. The third-order valence-corrected chi connectivity index (χ3v) is 3.99. The molecule has 3 N–H and O–H groups in total. The normalized spacial score (nSPS) is 35.0. The maximum Gasteiger partial charge on any atom is 0.263 e. The van der Waals surface area contributed by atoms with Crippen molar-refractivity contribution in [2.75, 3.05) is 6.54 Å². The molecule has 4 unspecified atom stereocenters. The Balaban J connectivity index is 1.94. The van der Waals surface area contributed by atoms with Crippen LogP contribution in [0.1, 0.15) is 26.7 Å². The first-order valence-electron chi connectivity index (χ1n) is 6.46. The van der Waals surface area contributed by atoms with Gasteiger partial charge in [0.1, 0.15) is 6.10 Å². The first-order chi connectivity index (χ1) is 8.95. The Morgan fingerprint density at radius 3 is 2.42 bits per heavy atom. The van der Waals surface area contributed by atoms with E-state index in [0.717, 1.165) is 0 Å². The highest BCUT2D eigenvalue weighted by molar-refractivity contribution is 6.04. The molecule has 0 radical (unpaired) electrons. The minimum Gasteiger partial charge on any atom is -0.363 e. The van der Waals surface area contributed by atoms with Gasteiger partial charge in [-0.25, -0.2) is 5.84 Å². The van der Waals surface area contributed by atoms with Crippen LogP contribution in [0.15, 0.2) is 0 Å². The van der Waals surface area contributed by atoms with Gasteiger partial charge in [-0.1, -0.05) is 13.8 Å². The van der Waals surface area contributed by atoms with Crippen LogP contribution < -0.4 is 11.3 Å². The Bertz CT molecular complexity index is 392. The molecule has 7 nitrogen and oxygen atoms in total. The van der Waals surface area contributed by atoms with E-state index in [1.165, 1.54) is 4.90 Å². The number of ether oxygens (including phenoxy) is 1. The van der Waals surface area contributed by atoms with Crippen LogP contribution >= 0.6 is 0 Å². The summed E-state index contributed by atoms with van der Waals surface area (Å²) in [4.78, 5) is 36.4. The highest BCUT2D eigenvalue weighted by atomic mass is 16.5. The molecule has 19 heavy (non-hydrogen) atoms. The van der Waals surface area contributed by atoms with E-state index in [1.807, 2.05) is 5.43 Å². The lowest BCUT2D eigenvalue weighted by molar-refractivity contribution is -0.142. The van der Waals surface area contributed by atoms with E-state index in [2.05, 4.69) is 0 Å². The second-order valence-electron chi connectivity index (χ2n) is 5.20. The molecular formula is C12H19N3O4. The Morgan fingerprint density at radius 2 is 1.89 bits per heavy atom. The molecule has 0 bridgehead atoms. The van der Waals surface area contributed by atoms with Crippen molar-refractivity contribution >= 4 is 17.7 Å². The van der Waals surface area contributed by atoms with E-state index in [9.17, 15) is 14.4 Å². The number of hydrogen-bond donors (Lipinski definition) is 2. The number of carbonyl (C=O) groups is 3. The molecule has 0 saturated carbocycles. The van der Waals surface area contributed by atoms with Gasteiger partial charge in [-0.2, -0.15) is 0 Å². The molecule has 2 aliphatic rings. The first-order valence-corrected chi connectivity index (χ1v) is 6.46. The van der Waals surface area contributed by atoms with Gasteiger partial charge in [-0.15, -0.1) is 0 Å². The van der Waals surface area contributed by atoms with E-state index >= 15 is 0 Å². The lowest BCUT2D eigenvalue weighted by atomic mass is 10.00. The Labute approximate surface area is 111 Å². The minimum absolute atomic E-state index is 0.159. The van der Waals surface area contributed by atoms with Crippen LogP contribution in [0.5, 0.6) is 0 Å². The molecule has 106 valence electrons. The SMILES string of the molecule is CC1C(=O)N(CC2CCC(C(=O)NN)O2)C(=O)C1C. The average Bonchev–Trinajstić information content (AvgIpc) is 2.94. The number of imide groups is 1. The molecule has 2 saturated heterocycles. The van der Waals surface area contributed by atoms with Crippen molar-refractivity contribution in [3.05, 3.63) is 0 Å². The molecule has 4 atom stereocenters. The van der Waals surface area contributed by atoms with Gasteiger partial charge in [0.2, 0.25) is 11.8 Å². The third kappa shape index (κ3) is 2.48. The van der Waals surface area contributed by atoms with E-state index in [0.29, 0.717) is 12.8 Å². The summed E-state index contributed by atoms with van der Waals surface area (Å²) in [6, 6.07) is 0. The zero-order valence-electron chi connectivity index (χ0n) is 11.1. The molecular weight excluding hydrogens is 250 g/mol. The number of amides is 3. The van der Waals surface area contributed by atoms with Gasteiger partial charge in [0.25, 0.3) is 5.91 Å². The summed E-state index contributed by atoms with van der Waals surface area (Å²) in [5.74, 6) is 3.79. The molecule has 0 aromatic heterocycles. The number of likely N-dealkylation sites (tertiary alicyclic amines) is 1. The lowest BCUT2D eigenvalue weighted by Gasteiger charge is -2.19. The number of nitrogens with zero attached hydrogens (tertiary/aromatic N) is 1. The zero-order chi connectivity index (χ0) is 14.2. The highest BCUT2D eigenvalue weighted by Gasteiger charge is 2.44. The van der Waals surface area contributed by atoms with Gasteiger partial charge in [-0.05, 0) is 12.8 Å². The van der Waals surface area contributed by atoms with Gasteiger partial charge >= 0.3 is 0 Å². The summed E-state index contributed by atoms with van der Waals surface area (Å²) in [7, 11) is 0. The van der Waals surface area contributed by atoms with Crippen LogP contribution in [0.25, 0.3) is 0 Å². The molecule has 2 fully saturated rings. The Hall–Kier alpha value is -1.47. The predicted molar refractivity (Wildman–Crippen MR) is 65.3 cm³/mol. The minimum atomic E-state index is -0.586. The molecule has 0 aromatic rings. The second kappa shape index (κ2) is 5.26. The summed E-state index contributed by atoms with van der Waals surface area (Å²) in [6.07, 6.45) is 0.317. The summed E-state index contributed by atoms with van der Waals surface area (Å²) in [5.41, 5.74) is 2.04. The second-order valence-corrected chi connectivity index (χ2v) is 5.20. The number of nitrogens with two attached hydrogens (primary N) is 1. The van der Waals surface area contributed by atoms with Crippen molar-refractivity contribution in [2.45, 2.75) is 38.9 Å². The topological polar surface area (TPSA) is 102 Å². The monoisotopic (exact) mass is 269 g/mol. The number of carbonyl (C=O) groups excluding carboxylic acids is 3. The van der Waals surface area contributed by atoms with Crippen molar-refractivity contribution in [1.82, 2.24) is 10.3 Å². The summed E-state index contributed by atoms with van der Waals surface area (Å²) < 4.78 is 5.51. The van der Waals surface area contributed by atoms with E-state index in [-0.39, 0.29) is 42.2 Å². The average molecular weight is 269 g/mol. The fourth-order valence-corrected chi connectivity index (χ4v) is 2.54. The van der Waals surface area contributed by atoms with Crippen molar-refractivity contribution in [2.24, 2.45) is 17.7 Å². The maximum absolute atomic E-state index is 11.9. The number of nitrogens with one attached hydrogen (secondary N) is 1. The highest BCUT2D eigenvalue weighted by Crippen LogP contribution is 2.28. The van der Waals surface area contributed by atoms with Gasteiger partial charge in [-0.3, -0.25) is 24.7 Å².